The van der Waals surface area contributed by atoms with E-state index < -0.39 is 0 Å². The Kier molecular flexibility index (Phi) is 9.18. The summed E-state index contributed by atoms with van der Waals surface area (Å²) in [6.07, 6.45) is 0. The summed E-state index contributed by atoms with van der Waals surface area (Å²) in [5.41, 5.74) is 18.6. The number of benzene rings is 8. The van der Waals surface area contributed by atoms with Crippen LogP contribution >= 0.6 is 0 Å². The first-order valence-corrected chi connectivity index (χ1v) is 20.7. The lowest BCUT2D eigenvalue weighted by Crippen LogP contribution is -1.97. The van der Waals surface area contributed by atoms with Crippen LogP contribution in [0.5, 0.6) is 0 Å². The van der Waals surface area contributed by atoms with Gasteiger partial charge >= 0.3 is 0 Å². The molecule has 3 heteroatoms. The van der Waals surface area contributed by atoms with Gasteiger partial charge in [-0.25, -0.2) is 9.50 Å². The molecular weight excluding hydrogens is 739 g/mol. The quantitative estimate of drug-likeness (QED) is 0.154. The van der Waals surface area contributed by atoms with Crippen molar-refractivity contribution in [3.63, 3.8) is 0 Å². The highest BCUT2D eigenvalue weighted by molar-refractivity contribution is 6.14. The average Bonchev–Trinajstić information content (AvgIpc) is 3.76. The maximum absolute atomic E-state index is 5.48. The Balaban J connectivity index is 1.06. The predicted octanol–water partition coefficient (Wildman–Crippen LogP) is 15.2. The second kappa shape index (κ2) is 15.6. The molecule has 0 aliphatic carbocycles. The minimum atomic E-state index is 0.957. The van der Waals surface area contributed by atoms with Crippen LogP contribution in [-0.4, -0.2) is 14.6 Å². The summed E-state index contributed by atoms with van der Waals surface area (Å²) in [4.78, 5) is 5.10. The van der Waals surface area contributed by atoms with E-state index in [1.165, 1.54) is 5.39 Å². The highest BCUT2D eigenvalue weighted by Gasteiger charge is 2.23. The van der Waals surface area contributed by atoms with Crippen LogP contribution in [0.1, 0.15) is 0 Å². The van der Waals surface area contributed by atoms with Crippen molar-refractivity contribution >= 4 is 16.3 Å². The van der Waals surface area contributed by atoms with Crippen LogP contribution in [0.2, 0.25) is 0 Å². The summed E-state index contributed by atoms with van der Waals surface area (Å²) in [6, 6.07) is 84.0. The lowest BCUT2D eigenvalue weighted by Gasteiger charge is -2.15. The monoisotopic (exact) mass is 777 g/mol. The molecule has 11 rings (SSSR count). The first-order chi connectivity index (χ1) is 30.2. The van der Waals surface area contributed by atoms with Gasteiger partial charge in [-0.3, -0.25) is 0 Å². The smallest absolute Gasteiger partial charge is 0.101 e. The molecule has 11 aromatic rings. The summed E-state index contributed by atoms with van der Waals surface area (Å²) in [5.74, 6) is 0. The van der Waals surface area contributed by atoms with E-state index in [9.17, 15) is 0 Å². The first kappa shape index (κ1) is 36.0. The van der Waals surface area contributed by atoms with E-state index in [0.29, 0.717) is 0 Å². The highest BCUT2D eigenvalue weighted by atomic mass is 15.2. The molecule has 0 amide bonds. The molecule has 0 bridgehead atoms. The van der Waals surface area contributed by atoms with Crippen molar-refractivity contribution in [2.75, 3.05) is 0 Å². The minimum Gasteiger partial charge on any atom is -0.248 e. The van der Waals surface area contributed by atoms with Gasteiger partial charge in [0, 0.05) is 33.2 Å². The van der Waals surface area contributed by atoms with E-state index in [2.05, 4.69) is 229 Å². The minimum absolute atomic E-state index is 0.957. The maximum atomic E-state index is 5.48. The molecule has 0 atom stereocenters. The topological polar surface area (TPSA) is 30.2 Å². The lowest BCUT2D eigenvalue weighted by atomic mass is 9.91. The van der Waals surface area contributed by atoms with Crippen LogP contribution in [-0.2, 0) is 0 Å². The normalized spacial score (nSPS) is 11.3. The molecular formula is C58H39N3. The predicted molar refractivity (Wildman–Crippen MR) is 254 cm³/mol. The summed E-state index contributed by atoms with van der Waals surface area (Å²) in [5, 5.41) is 7.81. The molecule has 3 nitrogen and oxygen atoms in total. The Morgan fingerprint density at radius 2 is 0.787 bits per heavy atom. The van der Waals surface area contributed by atoms with Gasteiger partial charge in [0.1, 0.15) is 5.69 Å². The van der Waals surface area contributed by atoms with Crippen molar-refractivity contribution in [3.8, 4) is 89.5 Å². The zero-order valence-electron chi connectivity index (χ0n) is 33.4. The van der Waals surface area contributed by atoms with Crippen molar-refractivity contribution in [1.29, 1.82) is 0 Å². The molecule has 0 radical (unpaired) electrons. The Morgan fingerprint density at radius 1 is 0.311 bits per heavy atom. The van der Waals surface area contributed by atoms with Gasteiger partial charge in [0.25, 0.3) is 0 Å². The summed E-state index contributed by atoms with van der Waals surface area (Å²) < 4.78 is 2.18. The van der Waals surface area contributed by atoms with Crippen molar-refractivity contribution in [1.82, 2.24) is 14.6 Å². The molecule has 286 valence electrons. The van der Waals surface area contributed by atoms with Gasteiger partial charge < -0.3 is 0 Å². The van der Waals surface area contributed by atoms with Gasteiger partial charge in [0.2, 0.25) is 0 Å². The van der Waals surface area contributed by atoms with Gasteiger partial charge in [0.05, 0.1) is 22.6 Å². The van der Waals surface area contributed by atoms with Gasteiger partial charge in [-0.2, -0.15) is 5.10 Å². The van der Waals surface area contributed by atoms with E-state index >= 15 is 0 Å². The highest BCUT2D eigenvalue weighted by Crippen LogP contribution is 2.44. The van der Waals surface area contributed by atoms with Crippen LogP contribution in [0.3, 0.4) is 0 Å². The molecule has 0 spiro atoms. The standard InChI is InChI=1S/C58H39N3/c1-6-18-42(19-7-1)52-37-50(38-53(59-52)43-20-8-2-9-21-43)41-34-32-40(33-35-41)47-28-16-29-48(36-47)51-31-17-30-49-39-54(44-22-10-3-11-23-44)61-58(55(49)51)56(45-24-12-4-13-25-45)57(60-61)46-26-14-5-15-27-46/h1-39H. The molecule has 0 saturated heterocycles. The number of hydrogen-bond donors (Lipinski definition) is 0. The Bertz CT molecular complexity index is 3250. The number of aromatic nitrogens is 3. The van der Waals surface area contributed by atoms with Gasteiger partial charge in [-0.15, -0.1) is 0 Å². The largest absolute Gasteiger partial charge is 0.248 e. The van der Waals surface area contributed by atoms with Gasteiger partial charge in [-0.1, -0.05) is 212 Å². The van der Waals surface area contributed by atoms with Crippen LogP contribution in [0.25, 0.3) is 106 Å². The van der Waals surface area contributed by atoms with Gasteiger partial charge in [-0.05, 0) is 68.6 Å². The molecule has 0 aliphatic rings. The molecule has 0 unspecified atom stereocenters. The molecule has 0 aliphatic heterocycles. The number of hydrogen-bond acceptors (Lipinski definition) is 2. The summed E-state index contributed by atoms with van der Waals surface area (Å²) in [7, 11) is 0. The molecule has 3 aromatic heterocycles. The van der Waals surface area contributed by atoms with Crippen molar-refractivity contribution in [3.05, 3.63) is 237 Å². The average molecular weight is 778 g/mol. The fourth-order valence-electron chi connectivity index (χ4n) is 8.65. The van der Waals surface area contributed by atoms with E-state index in [-0.39, 0.29) is 0 Å². The summed E-state index contributed by atoms with van der Waals surface area (Å²) in [6.45, 7) is 0. The van der Waals surface area contributed by atoms with E-state index in [0.717, 1.165) is 100 Å². The number of rotatable bonds is 8. The second-order valence-electron chi connectivity index (χ2n) is 15.4. The Morgan fingerprint density at radius 3 is 1.38 bits per heavy atom. The Hall–Kier alpha value is -8.14. The number of nitrogens with zero attached hydrogens (tertiary/aromatic N) is 3. The van der Waals surface area contributed by atoms with E-state index in [1.807, 2.05) is 12.1 Å². The van der Waals surface area contributed by atoms with Gasteiger partial charge in [0.15, 0.2) is 0 Å². The second-order valence-corrected chi connectivity index (χ2v) is 15.4. The van der Waals surface area contributed by atoms with E-state index in [4.69, 9.17) is 10.1 Å². The number of pyridine rings is 2. The van der Waals surface area contributed by atoms with Crippen LogP contribution < -0.4 is 0 Å². The molecule has 3 heterocycles. The molecule has 0 N–H and O–H groups in total. The van der Waals surface area contributed by atoms with Crippen molar-refractivity contribution in [2.24, 2.45) is 0 Å². The third kappa shape index (κ3) is 6.78. The summed E-state index contributed by atoms with van der Waals surface area (Å²) >= 11 is 0. The van der Waals surface area contributed by atoms with E-state index in [1.54, 1.807) is 0 Å². The number of fused-ring (bicyclic) bond motifs is 3. The Labute approximate surface area is 355 Å². The lowest BCUT2D eigenvalue weighted by molar-refractivity contribution is 0.980. The molecule has 8 aromatic carbocycles. The SMILES string of the molecule is c1ccc(-c2cc(-c3ccc(-c4cccc(-c5cccc6cc(-c7ccccc7)n7nc(-c8ccccc8)c(-c8ccccc8)c7c56)c4)cc3)cc(-c3ccccc3)n2)cc1. The molecule has 61 heavy (non-hydrogen) atoms. The maximum Gasteiger partial charge on any atom is 0.101 e. The third-order valence-corrected chi connectivity index (χ3v) is 11.6. The van der Waals surface area contributed by atoms with Crippen LogP contribution in [0, 0.1) is 0 Å². The zero-order chi connectivity index (χ0) is 40.5. The zero-order valence-corrected chi connectivity index (χ0v) is 33.4. The fourth-order valence-corrected chi connectivity index (χ4v) is 8.65. The third-order valence-electron chi connectivity index (χ3n) is 11.6. The van der Waals surface area contributed by atoms with Crippen molar-refractivity contribution < 1.29 is 0 Å². The molecule has 0 saturated carbocycles. The first-order valence-electron chi connectivity index (χ1n) is 20.7. The van der Waals surface area contributed by atoms with Crippen LogP contribution in [0.4, 0.5) is 0 Å². The molecule has 0 fully saturated rings. The van der Waals surface area contributed by atoms with Crippen molar-refractivity contribution in [2.45, 2.75) is 0 Å². The fraction of sp³-hybridized carbons (Fsp3) is 0. The van der Waals surface area contributed by atoms with Crippen LogP contribution in [0.15, 0.2) is 237 Å².